The van der Waals surface area contributed by atoms with Crippen molar-refractivity contribution < 1.29 is 4.79 Å². The normalized spacial score (nSPS) is 20.5. The smallest absolute Gasteiger partial charge is 0.314 e. The molecule has 0 radical (unpaired) electrons. The highest BCUT2D eigenvalue weighted by molar-refractivity contribution is 5.72. The number of nitrogens with two attached hydrogens (primary N) is 1. The molecule has 1 fully saturated rings. The van der Waals surface area contributed by atoms with Crippen molar-refractivity contribution in [3.8, 4) is 0 Å². The number of hydrogen-bond acceptors (Lipinski definition) is 1. The Morgan fingerprint density at radius 2 is 2.13 bits per heavy atom. The molecule has 2 amide bonds. The largest absolute Gasteiger partial charge is 0.351 e. The summed E-state index contributed by atoms with van der Waals surface area (Å²) >= 11 is 0. The molecule has 15 heavy (non-hydrogen) atoms. The van der Waals surface area contributed by atoms with Crippen molar-refractivity contribution in [1.82, 2.24) is 4.90 Å². The van der Waals surface area contributed by atoms with Gasteiger partial charge in [-0.3, -0.25) is 0 Å². The summed E-state index contributed by atoms with van der Waals surface area (Å²) in [6, 6.07) is 10.1. The minimum absolute atomic E-state index is 0.287. The maximum atomic E-state index is 10.9. The summed E-state index contributed by atoms with van der Waals surface area (Å²) in [4.78, 5) is 12.7. The number of hydrogen-bond donors (Lipinski definition) is 1. The van der Waals surface area contributed by atoms with E-state index in [-0.39, 0.29) is 6.03 Å². The summed E-state index contributed by atoms with van der Waals surface area (Å²) in [5.74, 6) is 0.569. The highest BCUT2D eigenvalue weighted by Gasteiger charge is 2.24. The summed E-state index contributed by atoms with van der Waals surface area (Å²) in [5.41, 5.74) is 6.58. The van der Waals surface area contributed by atoms with Gasteiger partial charge in [-0.05, 0) is 24.3 Å². The fourth-order valence-corrected chi connectivity index (χ4v) is 2.15. The number of amides is 2. The zero-order valence-electron chi connectivity index (χ0n) is 8.73. The fraction of sp³-hybridized carbons (Fsp3) is 0.417. The van der Waals surface area contributed by atoms with Crippen LogP contribution in [0.2, 0.25) is 0 Å². The van der Waals surface area contributed by atoms with Crippen molar-refractivity contribution in [2.75, 3.05) is 13.1 Å². The molecule has 1 aliphatic heterocycles. The lowest BCUT2D eigenvalue weighted by Gasteiger charge is -2.13. The molecule has 1 atom stereocenters. The number of rotatable bonds is 2. The van der Waals surface area contributed by atoms with Gasteiger partial charge >= 0.3 is 6.03 Å². The van der Waals surface area contributed by atoms with E-state index in [0.29, 0.717) is 5.92 Å². The van der Waals surface area contributed by atoms with Gasteiger partial charge in [0.25, 0.3) is 0 Å². The Morgan fingerprint density at radius 1 is 1.40 bits per heavy atom. The van der Waals surface area contributed by atoms with E-state index in [9.17, 15) is 4.79 Å². The molecule has 1 heterocycles. The van der Waals surface area contributed by atoms with Crippen molar-refractivity contribution in [2.24, 2.45) is 11.7 Å². The second-order valence-corrected chi connectivity index (χ2v) is 4.13. The highest BCUT2D eigenvalue weighted by Crippen LogP contribution is 2.20. The number of carbonyl (C=O) groups is 1. The van der Waals surface area contributed by atoms with Crippen LogP contribution in [0.3, 0.4) is 0 Å². The first-order chi connectivity index (χ1) is 7.25. The van der Waals surface area contributed by atoms with Crippen LogP contribution in [0, 0.1) is 5.92 Å². The third-order valence-electron chi connectivity index (χ3n) is 2.96. The van der Waals surface area contributed by atoms with Gasteiger partial charge in [0.05, 0.1) is 0 Å². The minimum atomic E-state index is -0.287. The summed E-state index contributed by atoms with van der Waals surface area (Å²) in [6.07, 6.45) is 2.11. The van der Waals surface area contributed by atoms with Gasteiger partial charge in [0.2, 0.25) is 0 Å². The number of primary amides is 1. The Balaban J connectivity index is 1.90. The van der Waals surface area contributed by atoms with Gasteiger partial charge in [-0.25, -0.2) is 4.79 Å². The van der Waals surface area contributed by atoms with Crippen LogP contribution in [0.15, 0.2) is 30.3 Å². The van der Waals surface area contributed by atoms with Crippen molar-refractivity contribution in [2.45, 2.75) is 12.8 Å². The lowest BCUT2D eigenvalue weighted by atomic mass is 9.99. The number of urea groups is 1. The standard InChI is InChI=1S/C12H16N2O/c13-12(15)14-7-6-11(9-14)8-10-4-2-1-3-5-10/h1-5,11H,6-9H2,(H2,13,15). The molecule has 1 unspecified atom stereocenters. The van der Waals surface area contributed by atoms with E-state index < -0.39 is 0 Å². The zero-order chi connectivity index (χ0) is 10.7. The predicted molar refractivity (Wildman–Crippen MR) is 59.4 cm³/mol. The molecule has 0 aliphatic carbocycles. The number of nitrogens with zero attached hydrogens (tertiary/aromatic N) is 1. The SMILES string of the molecule is NC(=O)N1CCC(Cc2ccccc2)C1. The Morgan fingerprint density at radius 3 is 2.73 bits per heavy atom. The van der Waals surface area contributed by atoms with E-state index >= 15 is 0 Å². The fourth-order valence-electron chi connectivity index (χ4n) is 2.15. The molecule has 0 saturated carbocycles. The molecular weight excluding hydrogens is 188 g/mol. The van der Waals surface area contributed by atoms with Gasteiger partial charge in [-0.1, -0.05) is 30.3 Å². The van der Waals surface area contributed by atoms with Gasteiger partial charge in [0.1, 0.15) is 0 Å². The molecule has 0 aromatic heterocycles. The second kappa shape index (κ2) is 4.34. The molecule has 3 heteroatoms. The van der Waals surface area contributed by atoms with Crippen LogP contribution in [-0.2, 0) is 6.42 Å². The molecule has 0 spiro atoms. The van der Waals surface area contributed by atoms with Gasteiger partial charge in [-0.2, -0.15) is 0 Å². The first-order valence-corrected chi connectivity index (χ1v) is 5.34. The summed E-state index contributed by atoms with van der Waals surface area (Å²) in [5, 5.41) is 0. The van der Waals surface area contributed by atoms with Crippen LogP contribution in [0.25, 0.3) is 0 Å². The van der Waals surface area contributed by atoms with E-state index in [1.54, 1.807) is 4.90 Å². The Kier molecular flexibility index (Phi) is 2.90. The number of carbonyl (C=O) groups excluding carboxylic acids is 1. The average Bonchev–Trinajstić information content (AvgIpc) is 2.68. The van der Waals surface area contributed by atoms with Crippen molar-refractivity contribution in [3.63, 3.8) is 0 Å². The highest BCUT2D eigenvalue weighted by atomic mass is 16.2. The van der Waals surface area contributed by atoms with Gasteiger partial charge in [0, 0.05) is 13.1 Å². The van der Waals surface area contributed by atoms with Crippen molar-refractivity contribution in [3.05, 3.63) is 35.9 Å². The molecule has 0 bridgehead atoms. The Labute approximate surface area is 89.9 Å². The zero-order valence-corrected chi connectivity index (χ0v) is 8.73. The predicted octanol–water partition coefficient (Wildman–Crippen LogP) is 1.63. The molecule has 80 valence electrons. The van der Waals surface area contributed by atoms with Crippen molar-refractivity contribution in [1.29, 1.82) is 0 Å². The third kappa shape index (κ3) is 2.49. The van der Waals surface area contributed by atoms with Crippen molar-refractivity contribution >= 4 is 6.03 Å². The van der Waals surface area contributed by atoms with Gasteiger partial charge in [0.15, 0.2) is 0 Å². The first kappa shape index (κ1) is 10.0. The molecule has 1 aromatic rings. The maximum absolute atomic E-state index is 10.9. The number of benzene rings is 1. The maximum Gasteiger partial charge on any atom is 0.314 e. The molecule has 1 aliphatic rings. The van der Waals surface area contributed by atoms with Gasteiger partial charge < -0.3 is 10.6 Å². The average molecular weight is 204 g/mol. The minimum Gasteiger partial charge on any atom is -0.351 e. The third-order valence-corrected chi connectivity index (χ3v) is 2.96. The van der Waals surface area contributed by atoms with Crippen LogP contribution in [0.4, 0.5) is 4.79 Å². The summed E-state index contributed by atoms with van der Waals surface area (Å²) < 4.78 is 0. The number of likely N-dealkylation sites (tertiary alicyclic amines) is 1. The molecule has 2 rings (SSSR count). The molecule has 1 saturated heterocycles. The first-order valence-electron chi connectivity index (χ1n) is 5.34. The Bertz CT molecular complexity index is 337. The van der Waals surface area contributed by atoms with Crippen LogP contribution < -0.4 is 5.73 Å². The van der Waals surface area contributed by atoms with Crippen LogP contribution >= 0.6 is 0 Å². The van der Waals surface area contributed by atoms with E-state index in [2.05, 4.69) is 24.3 Å². The monoisotopic (exact) mass is 204 g/mol. The quantitative estimate of drug-likeness (QED) is 0.782. The molecule has 2 N–H and O–H groups in total. The second-order valence-electron chi connectivity index (χ2n) is 4.13. The topological polar surface area (TPSA) is 46.3 Å². The summed E-state index contributed by atoms with van der Waals surface area (Å²) in [7, 11) is 0. The van der Waals surface area contributed by atoms with Crippen LogP contribution in [-0.4, -0.2) is 24.0 Å². The van der Waals surface area contributed by atoms with E-state index in [4.69, 9.17) is 5.73 Å². The summed E-state index contributed by atoms with van der Waals surface area (Å²) in [6.45, 7) is 1.62. The molecule has 3 nitrogen and oxygen atoms in total. The van der Waals surface area contributed by atoms with Crippen LogP contribution in [0.1, 0.15) is 12.0 Å². The van der Waals surface area contributed by atoms with Crippen LogP contribution in [0.5, 0.6) is 0 Å². The van der Waals surface area contributed by atoms with E-state index in [1.165, 1.54) is 5.56 Å². The molecular formula is C12H16N2O. The Hall–Kier alpha value is -1.51. The lowest BCUT2D eigenvalue weighted by Crippen LogP contribution is -2.33. The molecule has 1 aromatic carbocycles. The van der Waals surface area contributed by atoms with Gasteiger partial charge in [-0.15, -0.1) is 0 Å². The van der Waals surface area contributed by atoms with E-state index in [1.807, 2.05) is 6.07 Å². The van der Waals surface area contributed by atoms with E-state index in [0.717, 1.165) is 25.9 Å². The lowest BCUT2D eigenvalue weighted by molar-refractivity contribution is 0.217.